The first-order valence-electron chi connectivity index (χ1n) is 16.4. The van der Waals surface area contributed by atoms with E-state index in [2.05, 4.69) is 50.5 Å². The summed E-state index contributed by atoms with van der Waals surface area (Å²) in [4.78, 5) is 26.7. The van der Waals surface area contributed by atoms with Gasteiger partial charge < -0.3 is 5.32 Å². The van der Waals surface area contributed by atoms with Gasteiger partial charge in [0.1, 0.15) is 5.69 Å². The molecule has 1 unspecified atom stereocenters. The zero-order valence-electron chi connectivity index (χ0n) is 25.8. The number of benzene rings is 1. The van der Waals surface area contributed by atoms with Crippen LogP contribution >= 0.6 is 0 Å². The van der Waals surface area contributed by atoms with Crippen molar-refractivity contribution in [1.82, 2.24) is 14.7 Å². The van der Waals surface area contributed by atoms with Crippen LogP contribution in [0, 0.1) is 6.92 Å². The molecule has 5 nitrogen and oxygen atoms in total. The van der Waals surface area contributed by atoms with E-state index < -0.39 is 0 Å². The van der Waals surface area contributed by atoms with Crippen molar-refractivity contribution in [3.05, 3.63) is 29.8 Å². The van der Waals surface area contributed by atoms with Gasteiger partial charge in [-0.1, -0.05) is 115 Å². The maximum atomic E-state index is 12.4. The number of nitrogens with zero attached hydrogens (tertiary/aromatic N) is 2. The maximum Gasteiger partial charge on any atom is 0.226 e. The molecule has 1 aliphatic rings. The summed E-state index contributed by atoms with van der Waals surface area (Å²) in [6.45, 7) is 7.54. The van der Waals surface area contributed by atoms with Crippen LogP contribution in [-0.2, 0) is 9.59 Å². The van der Waals surface area contributed by atoms with Crippen molar-refractivity contribution in [2.24, 2.45) is 0 Å². The van der Waals surface area contributed by atoms with Gasteiger partial charge in [-0.2, -0.15) is 0 Å². The standard InChI is InChI=1S/C34H59N3O2/c1-4-5-6-7-8-9-10-11-12-13-14-15-16-17-18-21-33(38)35-27-20-29-37(3,30-36-28-19-22-34(36)39)32-25-23-31(2)24-26-32/h23-26H,4-22,27-30H2,1-3H3/p+1. The van der Waals surface area contributed by atoms with Gasteiger partial charge >= 0.3 is 0 Å². The lowest BCUT2D eigenvalue weighted by Gasteiger charge is -2.37. The molecule has 0 aliphatic carbocycles. The molecule has 1 aliphatic heterocycles. The van der Waals surface area contributed by atoms with Crippen molar-refractivity contribution in [3.63, 3.8) is 0 Å². The molecule has 1 aromatic carbocycles. The molecule has 1 saturated heterocycles. The number of amides is 2. The van der Waals surface area contributed by atoms with E-state index >= 15 is 0 Å². The van der Waals surface area contributed by atoms with Crippen molar-refractivity contribution in [2.75, 3.05) is 33.4 Å². The van der Waals surface area contributed by atoms with Gasteiger partial charge in [0.05, 0.1) is 13.6 Å². The van der Waals surface area contributed by atoms with Crippen molar-refractivity contribution < 1.29 is 9.59 Å². The topological polar surface area (TPSA) is 49.4 Å². The first-order valence-corrected chi connectivity index (χ1v) is 16.4. The molecule has 0 saturated carbocycles. The fourth-order valence-corrected chi connectivity index (χ4v) is 5.82. The molecule has 1 heterocycles. The molecule has 1 fully saturated rings. The fourth-order valence-electron chi connectivity index (χ4n) is 5.82. The number of nitrogens with one attached hydrogen (secondary N) is 1. The second-order valence-electron chi connectivity index (χ2n) is 12.3. The summed E-state index contributed by atoms with van der Waals surface area (Å²) in [7, 11) is 2.22. The Hall–Kier alpha value is -1.88. The third kappa shape index (κ3) is 14.4. The summed E-state index contributed by atoms with van der Waals surface area (Å²) in [5.41, 5.74) is 2.47. The molecule has 0 bridgehead atoms. The van der Waals surface area contributed by atoms with Gasteiger partial charge in [0.15, 0.2) is 6.67 Å². The molecular weight excluding hydrogens is 482 g/mol. The molecule has 5 heteroatoms. The number of likely N-dealkylation sites (tertiary alicyclic amines) is 1. The Labute approximate surface area is 240 Å². The smallest absolute Gasteiger partial charge is 0.226 e. The van der Waals surface area contributed by atoms with E-state index in [-0.39, 0.29) is 11.8 Å². The first kappa shape index (κ1) is 33.3. The number of carbonyl (C=O) groups is 2. The zero-order valence-corrected chi connectivity index (χ0v) is 25.8. The number of rotatable bonds is 23. The molecule has 1 atom stereocenters. The Bertz CT molecular complexity index is 794. The number of aryl methyl sites for hydroxylation is 1. The summed E-state index contributed by atoms with van der Waals surface area (Å²) >= 11 is 0. The predicted octanol–water partition coefficient (Wildman–Crippen LogP) is 8.28. The van der Waals surface area contributed by atoms with Crippen LogP contribution < -0.4 is 9.80 Å². The van der Waals surface area contributed by atoms with Gasteiger partial charge in [-0.15, -0.1) is 0 Å². The highest BCUT2D eigenvalue weighted by molar-refractivity contribution is 5.78. The van der Waals surface area contributed by atoms with Gasteiger partial charge in [-0.05, 0) is 31.9 Å². The summed E-state index contributed by atoms with van der Waals surface area (Å²) in [6.07, 6.45) is 23.3. The number of unbranched alkanes of at least 4 members (excludes halogenated alkanes) is 14. The fraction of sp³-hybridized carbons (Fsp3) is 0.765. The minimum atomic E-state index is 0.184. The van der Waals surface area contributed by atoms with E-state index in [1.807, 2.05) is 4.90 Å². The SMILES string of the molecule is CCCCCCCCCCCCCCCCCC(=O)NCCC[N+](C)(CN1CCCC1=O)c1ccc(C)cc1. The molecule has 0 radical (unpaired) electrons. The average molecular weight is 543 g/mol. The molecule has 39 heavy (non-hydrogen) atoms. The van der Waals surface area contributed by atoms with Crippen LogP contribution in [0.2, 0.25) is 0 Å². The lowest BCUT2D eigenvalue weighted by atomic mass is 10.0. The molecule has 1 N–H and O–H groups in total. The van der Waals surface area contributed by atoms with Crippen LogP contribution in [0.15, 0.2) is 24.3 Å². The second-order valence-corrected chi connectivity index (χ2v) is 12.3. The predicted molar refractivity (Wildman–Crippen MR) is 167 cm³/mol. The average Bonchev–Trinajstić information content (AvgIpc) is 3.32. The largest absolute Gasteiger partial charge is 0.356 e. The van der Waals surface area contributed by atoms with E-state index in [4.69, 9.17) is 0 Å². The van der Waals surface area contributed by atoms with Crippen molar-refractivity contribution in [2.45, 2.75) is 136 Å². The van der Waals surface area contributed by atoms with Crippen molar-refractivity contribution >= 4 is 17.5 Å². The Balaban J connectivity index is 1.50. The van der Waals surface area contributed by atoms with Crippen LogP contribution in [0.5, 0.6) is 0 Å². The van der Waals surface area contributed by atoms with Gasteiger partial charge in [-0.25, -0.2) is 0 Å². The molecule has 0 spiro atoms. The zero-order chi connectivity index (χ0) is 28.2. The summed E-state index contributed by atoms with van der Waals surface area (Å²) in [5, 5.41) is 3.14. The molecule has 0 aromatic heterocycles. The van der Waals surface area contributed by atoms with Crippen LogP contribution in [0.3, 0.4) is 0 Å². The Kier molecular flexibility index (Phi) is 17.1. The van der Waals surface area contributed by atoms with E-state index in [0.29, 0.717) is 30.5 Å². The molecule has 222 valence electrons. The minimum absolute atomic E-state index is 0.184. The van der Waals surface area contributed by atoms with Gasteiger partial charge in [-0.3, -0.25) is 19.0 Å². The quantitative estimate of drug-likeness (QED) is 0.112. The summed E-state index contributed by atoms with van der Waals surface area (Å²) in [5.74, 6) is 0.451. The molecule has 1 aromatic rings. The van der Waals surface area contributed by atoms with E-state index in [0.717, 1.165) is 38.8 Å². The van der Waals surface area contributed by atoms with Crippen LogP contribution in [0.25, 0.3) is 0 Å². The minimum Gasteiger partial charge on any atom is -0.356 e. The Morgan fingerprint density at radius 3 is 1.87 bits per heavy atom. The lowest BCUT2D eigenvalue weighted by molar-refractivity contribution is -0.129. The molecule has 2 amide bonds. The highest BCUT2D eigenvalue weighted by Gasteiger charge is 2.32. The monoisotopic (exact) mass is 542 g/mol. The lowest BCUT2D eigenvalue weighted by Crippen LogP contribution is -2.54. The van der Waals surface area contributed by atoms with Crippen molar-refractivity contribution in [3.8, 4) is 0 Å². The Morgan fingerprint density at radius 1 is 0.821 bits per heavy atom. The number of carbonyl (C=O) groups excluding carboxylic acids is 2. The third-order valence-electron chi connectivity index (χ3n) is 8.47. The van der Waals surface area contributed by atoms with E-state index in [9.17, 15) is 9.59 Å². The third-order valence-corrected chi connectivity index (χ3v) is 8.47. The number of hydrogen-bond donors (Lipinski definition) is 1. The van der Waals surface area contributed by atoms with E-state index in [1.54, 1.807) is 0 Å². The molecule has 2 rings (SSSR count). The highest BCUT2D eigenvalue weighted by atomic mass is 16.2. The summed E-state index contributed by atoms with van der Waals surface area (Å²) in [6, 6.07) is 8.67. The first-order chi connectivity index (χ1) is 18.9. The van der Waals surface area contributed by atoms with Gasteiger partial charge in [0, 0.05) is 32.4 Å². The van der Waals surface area contributed by atoms with Crippen LogP contribution in [-0.4, -0.2) is 50.1 Å². The normalized spacial score (nSPS) is 15.1. The van der Waals surface area contributed by atoms with Crippen LogP contribution in [0.4, 0.5) is 5.69 Å². The maximum absolute atomic E-state index is 12.4. The highest BCUT2D eigenvalue weighted by Crippen LogP contribution is 2.24. The second kappa shape index (κ2) is 20.1. The summed E-state index contributed by atoms with van der Waals surface area (Å²) < 4.78 is 0.695. The number of quaternary nitrogens is 1. The van der Waals surface area contributed by atoms with Crippen molar-refractivity contribution in [1.29, 1.82) is 0 Å². The van der Waals surface area contributed by atoms with Gasteiger partial charge in [0.25, 0.3) is 0 Å². The number of hydrogen-bond acceptors (Lipinski definition) is 2. The van der Waals surface area contributed by atoms with E-state index in [1.165, 1.54) is 94.7 Å². The molecular formula is C34H60N3O2+. The Morgan fingerprint density at radius 2 is 1.36 bits per heavy atom. The van der Waals surface area contributed by atoms with Gasteiger partial charge in [0.2, 0.25) is 11.8 Å². The van der Waals surface area contributed by atoms with Crippen LogP contribution in [0.1, 0.15) is 134 Å².